The van der Waals surface area contributed by atoms with Crippen LogP contribution in [0.5, 0.6) is 6.01 Å². The van der Waals surface area contributed by atoms with Crippen LogP contribution >= 0.6 is 0 Å². The third kappa shape index (κ3) is 2.09. The number of aromatic amines is 1. The monoisotopic (exact) mass is 259 g/mol. The van der Waals surface area contributed by atoms with E-state index in [1.54, 1.807) is 0 Å². The first-order chi connectivity index (χ1) is 8.58. The van der Waals surface area contributed by atoms with Crippen molar-refractivity contribution in [3.8, 4) is 6.01 Å². The first kappa shape index (κ1) is 12.9. The molecule has 0 spiro atoms. The van der Waals surface area contributed by atoms with Crippen LogP contribution in [0, 0.1) is 0 Å². The van der Waals surface area contributed by atoms with Gasteiger partial charge in [-0.3, -0.25) is 9.78 Å². The van der Waals surface area contributed by atoms with Gasteiger partial charge in [-0.25, -0.2) is 4.98 Å². The molecule has 0 bridgehead atoms. The lowest BCUT2D eigenvalue weighted by Crippen LogP contribution is -2.33. The van der Waals surface area contributed by atoms with Crippen LogP contribution < -0.4 is 16.3 Å². The highest BCUT2D eigenvalue weighted by Crippen LogP contribution is 2.31. The Kier molecular flexibility index (Phi) is 3.59. The molecule has 6 N–H and O–H groups in total. The minimum Gasteiger partial charge on any atom is -0.394 e. The fraction of sp³-hybridized carbons (Fsp3) is 0.556. The summed E-state index contributed by atoms with van der Waals surface area (Å²) in [5.41, 5.74) is -0.599. The van der Waals surface area contributed by atoms with Crippen molar-refractivity contribution in [1.82, 2.24) is 9.97 Å². The van der Waals surface area contributed by atoms with E-state index >= 15 is 0 Å². The Labute approximate surface area is 101 Å². The zero-order chi connectivity index (χ0) is 13.3. The van der Waals surface area contributed by atoms with Gasteiger partial charge in [-0.05, 0) is 0 Å². The maximum atomic E-state index is 11.7. The zero-order valence-electron chi connectivity index (χ0n) is 9.18. The molecule has 2 heterocycles. The molecule has 9 heteroatoms. The van der Waals surface area contributed by atoms with E-state index in [0.717, 1.165) is 6.20 Å². The third-order valence-corrected chi connectivity index (χ3v) is 2.76. The number of hydrogen-bond donors (Lipinski definition) is 5. The van der Waals surface area contributed by atoms with Crippen molar-refractivity contribution >= 4 is 0 Å². The maximum absolute atomic E-state index is 11.7. The van der Waals surface area contributed by atoms with E-state index in [0.29, 0.717) is 0 Å². The molecule has 9 nitrogen and oxygen atoms in total. The number of nitrogens with two attached hydrogens (primary N) is 1. The number of nitrogens with zero attached hydrogens (tertiary/aromatic N) is 1. The number of hydrogen-bond acceptors (Lipinski definition) is 8. The average molecular weight is 259 g/mol. The molecule has 0 aliphatic carbocycles. The maximum Gasteiger partial charge on any atom is 0.315 e. The Morgan fingerprint density at radius 1 is 1.50 bits per heavy atom. The normalized spacial score (nSPS) is 31.6. The second kappa shape index (κ2) is 5.00. The van der Waals surface area contributed by atoms with Crippen LogP contribution in [0.2, 0.25) is 0 Å². The predicted octanol–water partition coefficient (Wildman–Crippen LogP) is -2.82. The lowest BCUT2D eigenvalue weighted by Gasteiger charge is -2.13. The molecule has 0 saturated carbocycles. The van der Waals surface area contributed by atoms with Crippen molar-refractivity contribution in [2.24, 2.45) is 5.90 Å². The van der Waals surface area contributed by atoms with Crippen LogP contribution in [0.1, 0.15) is 11.7 Å². The van der Waals surface area contributed by atoms with Gasteiger partial charge in [0.05, 0.1) is 12.2 Å². The van der Waals surface area contributed by atoms with E-state index in [9.17, 15) is 15.0 Å². The summed E-state index contributed by atoms with van der Waals surface area (Å²) in [5, 5.41) is 28.2. The topological polar surface area (TPSA) is 151 Å². The lowest BCUT2D eigenvalue weighted by molar-refractivity contribution is -0.0232. The highest BCUT2D eigenvalue weighted by molar-refractivity contribution is 5.15. The van der Waals surface area contributed by atoms with Gasteiger partial charge in [0, 0.05) is 6.20 Å². The Balaban J connectivity index is 2.30. The largest absolute Gasteiger partial charge is 0.394 e. The van der Waals surface area contributed by atoms with Crippen molar-refractivity contribution in [3.63, 3.8) is 0 Å². The van der Waals surface area contributed by atoms with Gasteiger partial charge in [-0.1, -0.05) is 0 Å². The Morgan fingerprint density at radius 2 is 2.22 bits per heavy atom. The van der Waals surface area contributed by atoms with Gasteiger partial charge in [-0.15, -0.1) is 0 Å². The molecule has 1 unspecified atom stereocenters. The van der Waals surface area contributed by atoms with Crippen molar-refractivity contribution in [2.45, 2.75) is 24.4 Å². The molecule has 2 rings (SSSR count). The standard InChI is InChI=1S/C9H13N3O6/c10-18-9-11-1-3(8(16)12-9)7-6(15)5(14)4(2-13)17-7/h1,4-7,13-15H,2,10H2,(H,11,12,16)/t4-,5?,6+,7+/m1/s1. The summed E-state index contributed by atoms with van der Waals surface area (Å²) in [6, 6.07) is -0.185. The fourth-order valence-electron chi connectivity index (χ4n) is 1.81. The van der Waals surface area contributed by atoms with Gasteiger partial charge >= 0.3 is 6.01 Å². The van der Waals surface area contributed by atoms with E-state index in [1.165, 1.54) is 0 Å². The number of aliphatic hydroxyl groups is 3. The van der Waals surface area contributed by atoms with Crippen molar-refractivity contribution in [3.05, 3.63) is 22.1 Å². The van der Waals surface area contributed by atoms with Crippen molar-refractivity contribution < 1.29 is 24.9 Å². The molecule has 0 amide bonds. The number of rotatable bonds is 3. The third-order valence-electron chi connectivity index (χ3n) is 2.76. The molecule has 1 aliphatic heterocycles. The van der Waals surface area contributed by atoms with Gasteiger partial charge in [0.15, 0.2) is 0 Å². The SMILES string of the molecule is NOc1ncc([C@@H]2O[C@H](CO)C(O)[C@@H]2O)c(=O)[nH]1. The molecule has 100 valence electrons. The lowest BCUT2D eigenvalue weighted by atomic mass is 10.0. The molecule has 1 aromatic heterocycles. The minimum absolute atomic E-state index is 0.0123. The van der Waals surface area contributed by atoms with Crippen LogP contribution in [0.4, 0.5) is 0 Å². The smallest absolute Gasteiger partial charge is 0.315 e. The summed E-state index contributed by atoms with van der Waals surface area (Å²) in [4.78, 5) is 21.8. The molecule has 0 aromatic carbocycles. The highest BCUT2D eigenvalue weighted by atomic mass is 16.6. The number of ether oxygens (including phenoxy) is 1. The second-order valence-electron chi connectivity index (χ2n) is 3.85. The van der Waals surface area contributed by atoms with E-state index < -0.39 is 36.6 Å². The van der Waals surface area contributed by atoms with Crippen molar-refractivity contribution in [2.75, 3.05) is 6.61 Å². The summed E-state index contributed by atoms with van der Waals surface area (Å²) < 4.78 is 5.19. The molecule has 1 aromatic rings. The summed E-state index contributed by atoms with van der Waals surface area (Å²) in [5.74, 6) is 4.83. The van der Waals surface area contributed by atoms with Crippen molar-refractivity contribution in [1.29, 1.82) is 0 Å². The Morgan fingerprint density at radius 3 is 2.72 bits per heavy atom. The van der Waals surface area contributed by atoms with E-state index in [4.69, 9.17) is 15.7 Å². The zero-order valence-corrected chi connectivity index (χ0v) is 9.18. The Hall–Kier alpha value is -1.52. The van der Waals surface area contributed by atoms with E-state index in [1.807, 2.05) is 0 Å². The molecule has 1 saturated heterocycles. The number of aromatic nitrogens is 2. The van der Waals surface area contributed by atoms with E-state index in [2.05, 4.69) is 14.8 Å². The van der Waals surface area contributed by atoms with Crippen LogP contribution in [0.3, 0.4) is 0 Å². The average Bonchev–Trinajstić information content (AvgIpc) is 2.66. The molecular weight excluding hydrogens is 246 g/mol. The van der Waals surface area contributed by atoms with Crippen LogP contribution in [0.15, 0.2) is 11.0 Å². The first-order valence-corrected chi connectivity index (χ1v) is 5.17. The number of nitrogens with one attached hydrogen (secondary N) is 1. The second-order valence-corrected chi connectivity index (χ2v) is 3.85. The summed E-state index contributed by atoms with van der Waals surface area (Å²) in [7, 11) is 0. The van der Waals surface area contributed by atoms with Gasteiger partial charge in [-0.2, -0.15) is 5.90 Å². The molecule has 18 heavy (non-hydrogen) atoms. The molecular formula is C9H13N3O6. The summed E-state index contributed by atoms with van der Waals surface area (Å²) in [6.07, 6.45) is -3.49. The van der Waals surface area contributed by atoms with Gasteiger partial charge in [0.2, 0.25) is 0 Å². The van der Waals surface area contributed by atoms with Crippen LogP contribution in [-0.2, 0) is 4.74 Å². The number of H-pyrrole nitrogens is 1. The summed E-state index contributed by atoms with van der Waals surface area (Å²) in [6.45, 7) is -0.468. The molecule has 0 radical (unpaired) electrons. The fourth-order valence-corrected chi connectivity index (χ4v) is 1.81. The first-order valence-electron chi connectivity index (χ1n) is 5.17. The number of aliphatic hydroxyl groups excluding tert-OH is 3. The van der Waals surface area contributed by atoms with Crippen LogP contribution in [-0.4, -0.2) is 50.2 Å². The van der Waals surface area contributed by atoms with Gasteiger partial charge < -0.3 is 24.9 Å². The summed E-state index contributed by atoms with van der Waals surface area (Å²) >= 11 is 0. The van der Waals surface area contributed by atoms with Gasteiger partial charge in [0.25, 0.3) is 5.56 Å². The molecule has 4 atom stereocenters. The Bertz CT molecular complexity index is 478. The highest BCUT2D eigenvalue weighted by Gasteiger charge is 2.44. The molecule has 1 fully saturated rings. The van der Waals surface area contributed by atoms with Crippen LogP contribution in [0.25, 0.3) is 0 Å². The quantitative estimate of drug-likeness (QED) is 0.364. The van der Waals surface area contributed by atoms with E-state index in [-0.39, 0.29) is 11.6 Å². The van der Waals surface area contributed by atoms with Gasteiger partial charge in [0.1, 0.15) is 24.4 Å². The molecule has 1 aliphatic rings. The predicted molar refractivity (Wildman–Crippen MR) is 56.4 cm³/mol. The minimum atomic E-state index is -1.32.